The van der Waals surface area contributed by atoms with E-state index in [1.165, 1.54) is 5.56 Å². The van der Waals surface area contributed by atoms with Crippen molar-refractivity contribution in [2.75, 3.05) is 26.2 Å². The lowest BCUT2D eigenvalue weighted by atomic mass is 10.1. The molecule has 7 nitrogen and oxygen atoms in total. The van der Waals surface area contributed by atoms with Crippen LogP contribution in [0.3, 0.4) is 0 Å². The number of benzene rings is 1. The molecule has 7 heteroatoms. The number of fused-ring (bicyclic) bond motifs is 1. The highest BCUT2D eigenvalue weighted by atomic mass is 16.5. The van der Waals surface area contributed by atoms with Crippen LogP contribution in [0, 0.1) is 6.92 Å². The van der Waals surface area contributed by atoms with Crippen molar-refractivity contribution >= 4 is 5.91 Å². The van der Waals surface area contributed by atoms with Gasteiger partial charge < -0.3 is 15.0 Å². The van der Waals surface area contributed by atoms with Gasteiger partial charge in [-0.15, -0.1) is 5.10 Å². The Morgan fingerprint density at radius 3 is 2.75 bits per heavy atom. The average molecular weight is 327 g/mol. The zero-order valence-electron chi connectivity index (χ0n) is 13.7. The topological polar surface area (TPSA) is 72.3 Å². The summed E-state index contributed by atoms with van der Waals surface area (Å²) in [6.45, 7) is 6.06. The molecule has 1 fully saturated rings. The molecule has 2 aromatic rings. The highest BCUT2D eigenvalue weighted by molar-refractivity contribution is 5.93. The summed E-state index contributed by atoms with van der Waals surface area (Å²) in [7, 11) is 0. The first-order valence-electron chi connectivity index (χ1n) is 8.33. The van der Waals surface area contributed by atoms with Gasteiger partial charge in [-0.05, 0) is 12.5 Å². The van der Waals surface area contributed by atoms with Crippen molar-refractivity contribution in [3.63, 3.8) is 0 Å². The van der Waals surface area contributed by atoms with Gasteiger partial charge in [0.05, 0.1) is 18.8 Å². The number of amides is 1. The van der Waals surface area contributed by atoms with Gasteiger partial charge in [-0.3, -0.25) is 4.79 Å². The Labute approximate surface area is 140 Å². The summed E-state index contributed by atoms with van der Waals surface area (Å²) in [4.78, 5) is 14.5. The van der Waals surface area contributed by atoms with Crippen LogP contribution >= 0.6 is 0 Å². The first-order chi connectivity index (χ1) is 11.7. The second-order valence-corrected chi connectivity index (χ2v) is 6.32. The molecule has 3 heterocycles. The maximum absolute atomic E-state index is 12.6. The fourth-order valence-electron chi connectivity index (χ4n) is 3.18. The second kappa shape index (κ2) is 6.33. The Kier molecular flexibility index (Phi) is 4.03. The molecule has 1 aromatic carbocycles. The smallest absolute Gasteiger partial charge is 0.276 e. The van der Waals surface area contributed by atoms with Crippen molar-refractivity contribution in [3.05, 3.63) is 46.8 Å². The summed E-state index contributed by atoms with van der Waals surface area (Å²) in [5.74, 6) is -0.0462. The van der Waals surface area contributed by atoms with E-state index < -0.39 is 0 Å². The van der Waals surface area contributed by atoms with Gasteiger partial charge >= 0.3 is 0 Å². The van der Waals surface area contributed by atoms with Crippen LogP contribution in [0.5, 0.6) is 0 Å². The summed E-state index contributed by atoms with van der Waals surface area (Å²) in [5.41, 5.74) is 3.55. The van der Waals surface area contributed by atoms with Gasteiger partial charge in [-0.2, -0.15) is 0 Å². The van der Waals surface area contributed by atoms with Crippen LogP contribution in [0.2, 0.25) is 0 Å². The number of carbonyl (C=O) groups excluding carboxylic acids is 1. The quantitative estimate of drug-likeness (QED) is 0.887. The van der Waals surface area contributed by atoms with Gasteiger partial charge in [0.25, 0.3) is 5.91 Å². The van der Waals surface area contributed by atoms with Crippen LogP contribution in [-0.2, 0) is 17.9 Å². The number of piperazine rings is 1. The van der Waals surface area contributed by atoms with Gasteiger partial charge in [0.15, 0.2) is 5.69 Å². The fraction of sp³-hybridized carbons (Fsp3) is 0.471. The minimum Gasteiger partial charge on any atom is -0.365 e. The molecule has 0 bridgehead atoms. The SMILES string of the molecule is Cc1ccc([C@H]2Cn3nnc(C(=O)N4CCNCC4)c3CO2)cc1. The van der Waals surface area contributed by atoms with Crippen molar-refractivity contribution in [2.24, 2.45) is 0 Å². The van der Waals surface area contributed by atoms with E-state index in [0.717, 1.165) is 24.3 Å². The Balaban J connectivity index is 1.53. The Morgan fingerprint density at radius 2 is 2.00 bits per heavy atom. The van der Waals surface area contributed by atoms with Gasteiger partial charge in [0.1, 0.15) is 6.10 Å². The molecule has 0 spiro atoms. The van der Waals surface area contributed by atoms with E-state index in [1.807, 2.05) is 9.58 Å². The highest BCUT2D eigenvalue weighted by Gasteiger charge is 2.30. The number of aryl methyl sites for hydroxylation is 1. The Hall–Kier alpha value is -2.25. The van der Waals surface area contributed by atoms with Crippen molar-refractivity contribution in [3.8, 4) is 0 Å². The summed E-state index contributed by atoms with van der Waals surface area (Å²) in [5, 5.41) is 11.6. The standard InChI is InChI=1S/C17H21N5O2/c1-12-2-4-13(5-3-12)15-10-22-14(11-24-15)16(19-20-22)17(23)21-8-6-18-7-9-21/h2-5,15,18H,6-11H2,1H3/t15-/m1/s1. The van der Waals surface area contributed by atoms with Crippen LogP contribution in [0.1, 0.15) is 33.4 Å². The maximum atomic E-state index is 12.6. The van der Waals surface area contributed by atoms with E-state index in [-0.39, 0.29) is 12.0 Å². The summed E-state index contributed by atoms with van der Waals surface area (Å²) < 4.78 is 7.79. The number of aromatic nitrogens is 3. The molecule has 1 amide bonds. The van der Waals surface area contributed by atoms with Crippen molar-refractivity contribution in [2.45, 2.75) is 26.2 Å². The summed E-state index contributed by atoms with van der Waals surface area (Å²) in [6.07, 6.45) is -0.0538. The Bertz CT molecular complexity index is 734. The Morgan fingerprint density at radius 1 is 1.25 bits per heavy atom. The summed E-state index contributed by atoms with van der Waals surface area (Å²) >= 11 is 0. The molecular weight excluding hydrogens is 306 g/mol. The van der Waals surface area contributed by atoms with E-state index in [4.69, 9.17) is 4.74 Å². The fourth-order valence-corrected chi connectivity index (χ4v) is 3.18. The first kappa shape index (κ1) is 15.3. The third-order valence-corrected chi connectivity index (χ3v) is 4.65. The largest absolute Gasteiger partial charge is 0.365 e. The zero-order valence-corrected chi connectivity index (χ0v) is 13.7. The molecule has 0 unspecified atom stereocenters. The molecular formula is C17H21N5O2. The minimum absolute atomic E-state index is 0.0462. The van der Waals surface area contributed by atoms with E-state index in [2.05, 4.69) is 46.8 Å². The molecule has 24 heavy (non-hydrogen) atoms. The molecule has 2 aliphatic rings. The lowest BCUT2D eigenvalue weighted by molar-refractivity contribution is -0.00197. The molecule has 0 radical (unpaired) electrons. The molecule has 1 aromatic heterocycles. The number of hydrogen-bond acceptors (Lipinski definition) is 5. The average Bonchev–Trinajstić information content (AvgIpc) is 3.05. The molecule has 1 N–H and O–H groups in total. The zero-order chi connectivity index (χ0) is 16.5. The van der Waals surface area contributed by atoms with Crippen LogP contribution in [0.25, 0.3) is 0 Å². The molecule has 1 saturated heterocycles. The number of rotatable bonds is 2. The predicted molar refractivity (Wildman–Crippen MR) is 87.5 cm³/mol. The molecule has 0 saturated carbocycles. The van der Waals surface area contributed by atoms with E-state index in [1.54, 1.807) is 0 Å². The monoisotopic (exact) mass is 327 g/mol. The van der Waals surface area contributed by atoms with Gasteiger partial charge in [-0.25, -0.2) is 4.68 Å². The molecule has 2 aliphatic heterocycles. The normalized spacial score (nSPS) is 20.7. The third kappa shape index (κ3) is 2.81. The number of nitrogens with zero attached hydrogens (tertiary/aromatic N) is 4. The summed E-state index contributed by atoms with van der Waals surface area (Å²) in [6, 6.07) is 8.31. The van der Waals surface area contributed by atoms with Gasteiger partial charge in [0.2, 0.25) is 0 Å². The molecule has 0 aliphatic carbocycles. The minimum atomic E-state index is -0.0538. The van der Waals surface area contributed by atoms with E-state index in [0.29, 0.717) is 31.9 Å². The van der Waals surface area contributed by atoms with Crippen LogP contribution in [0.4, 0.5) is 0 Å². The van der Waals surface area contributed by atoms with Crippen LogP contribution in [-0.4, -0.2) is 52.0 Å². The number of carbonyl (C=O) groups is 1. The number of ether oxygens (including phenoxy) is 1. The highest BCUT2D eigenvalue weighted by Crippen LogP contribution is 2.27. The van der Waals surface area contributed by atoms with Crippen LogP contribution < -0.4 is 5.32 Å². The molecule has 1 atom stereocenters. The van der Waals surface area contributed by atoms with Crippen LogP contribution in [0.15, 0.2) is 24.3 Å². The molecule has 4 rings (SSSR count). The second-order valence-electron chi connectivity index (χ2n) is 6.32. The lowest BCUT2D eigenvalue weighted by Gasteiger charge is -2.28. The van der Waals surface area contributed by atoms with E-state index in [9.17, 15) is 4.79 Å². The maximum Gasteiger partial charge on any atom is 0.276 e. The van der Waals surface area contributed by atoms with Gasteiger partial charge in [0, 0.05) is 26.2 Å². The van der Waals surface area contributed by atoms with Gasteiger partial charge in [-0.1, -0.05) is 35.0 Å². The third-order valence-electron chi connectivity index (χ3n) is 4.65. The number of nitrogens with one attached hydrogen (secondary N) is 1. The number of hydrogen-bond donors (Lipinski definition) is 1. The van der Waals surface area contributed by atoms with Crippen molar-refractivity contribution in [1.82, 2.24) is 25.2 Å². The lowest BCUT2D eigenvalue weighted by Crippen LogP contribution is -2.46. The van der Waals surface area contributed by atoms with Crippen molar-refractivity contribution < 1.29 is 9.53 Å². The van der Waals surface area contributed by atoms with Crippen molar-refractivity contribution in [1.29, 1.82) is 0 Å². The predicted octanol–water partition coefficient (Wildman–Crippen LogP) is 0.903. The molecule has 126 valence electrons. The first-order valence-corrected chi connectivity index (χ1v) is 8.33. The van der Waals surface area contributed by atoms with E-state index >= 15 is 0 Å².